The van der Waals surface area contributed by atoms with Crippen molar-refractivity contribution in [1.29, 1.82) is 0 Å². The van der Waals surface area contributed by atoms with Crippen molar-refractivity contribution in [3.8, 4) is 56.1 Å². The lowest BCUT2D eigenvalue weighted by molar-refractivity contribution is 0.588. The van der Waals surface area contributed by atoms with Gasteiger partial charge in [-0.2, -0.15) is 0 Å². The van der Waals surface area contributed by atoms with Crippen LogP contribution in [-0.2, 0) is 11.7 Å². The minimum absolute atomic E-state index is 0.0494. The molecule has 0 N–H and O–H groups in total. The number of anilines is 3. The van der Waals surface area contributed by atoms with Crippen molar-refractivity contribution < 1.29 is 9.07 Å². The van der Waals surface area contributed by atoms with Crippen LogP contribution in [0.3, 0.4) is 0 Å². The Bertz CT molecular complexity index is 3670. The molecular formula is C62H45BN2O2. The van der Waals surface area contributed by atoms with E-state index >= 15 is 0 Å². The summed E-state index contributed by atoms with van der Waals surface area (Å²) in [6.45, 7) is 4.67. The molecule has 0 radical (unpaired) electrons. The van der Waals surface area contributed by atoms with Gasteiger partial charge >= 0.3 is 6.92 Å². The Kier molecular flexibility index (Phi) is 9.01. The first-order valence-electron chi connectivity index (χ1n) is 23.2. The van der Waals surface area contributed by atoms with E-state index in [9.17, 15) is 0 Å². The minimum atomic E-state index is -0.272. The Morgan fingerprint density at radius 1 is 0.493 bits per heavy atom. The first-order valence-corrected chi connectivity index (χ1v) is 23.2. The molecule has 11 aromatic rings. The maximum absolute atomic E-state index is 7.13. The molecule has 5 heteroatoms. The molecule has 0 saturated heterocycles. The quantitative estimate of drug-likeness (QED) is 0.143. The van der Waals surface area contributed by atoms with E-state index in [4.69, 9.17) is 9.07 Å². The number of para-hydroxylation sites is 3. The number of fused-ring (bicyclic) bond motifs is 7. The van der Waals surface area contributed by atoms with Gasteiger partial charge in [-0.25, -0.2) is 0 Å². The van der Waals surface area contributed by atoms with E-state index in [2.05, 4.69) is 248 Å². The number of rotatable bonds is 8. The van der Waals surface area contributed by atoms with E-state index < -0.39 is 0 Å². The second-order valence-electron chi connectivity index (χ2n) is 18.4. The summed E-state index contributed by atoms with van der Waals surface area (Å²) in [7, 11) is 0. The zero-order chi connectivity index (χ0) is 44.6. The summed E-state index contributed by atoms with van der Waals surface area (Å²) < 4.78 is 16.5. The van der Waals surface area contributed by atoms with E-state index in [-0.39, 0.29) is 12.3 Å². The van der Waals surface area contributed by atoms with Crippen LogP contribution in [-0.4, -0.2) is 11.5 Å². The highest BCUT2D eigenvalue weighted by atomic mass is 16.4. The maximum Gasteiger partial charge on any atom is 0.396 e. The molecule has 13 rings (SSSR count). The first-order chi connectivity index (χ1) is 33.0. The van der Waals surface area contributed by atoms with Crippen LogP contribution in [0, 0.1) is 0 Å². The van der Waals surface area contributed by atoms with Gasteiger partial charge < -0.3 is 13.6 Å². The Morgan fingerprint density at radius 3 is 1.99 bits per heavy atom. The summed E-state index contributed by atoms with van der Waals surface area (Å²) >= 11 is 0. The summed E-state index contributed by atoms with van der Waals surface area (Å²) in [5, 5.41) is 2.43. The van der Waals surface area contributed by atoms with E-state index in [0.717, 1.165) is 68.5 Å². The monoisotopic (exact) mass is 860 g/mol. The molecule has 3 heterocycles. The van der Waals surface area contributed by atoms with E-state index in [1.54, 1.807) is 0 Å². The predicted molar refractivity (Wildman–Crippen MR) is 278 cm³/mol. The van der Waals surface area contributed by atoms with Gasteiger partial charge in [-0.1, -0.05) is 178 Å². The van der Waals surface area contributed by atoms with Crippen molar-refractivity contribution in [2.75, 3.05) is 4.90 Å². The number of nitrogens with zero attached hydrogens (tertiary/aromatic N) is 2. The highest BCUT2D eigenvalue weighted by Gasteiger charge is 2.40. The molecule has 318 valence electrons. The smallest absolute Gasteiger partial charge is 0.396 e. The van der Waals surface area contributed by atoms with Crippen LogP contribution in [0.1, 0.15) is 30.5 Å². The summed E-state index contributed by atoms with van der Waals surface area (Å²) in [5.74, 6) is 2.48. The fourth-order valence-electron chi connectivity index (χ4n) is 10.9. The molecule has 0 unspecified atom stereocenters. The van der Waals surface area contributed by atoms with Crippen LogP contribution in [0.5, 0.6) is 5.75 Å². The van der Waals surface area contributed by atoms with Crippen molar-refractivity contribution in [2.45, 2.75) is 25.6 Å². The van der Waals surface area contributed by atoms with Crippen LogP contribution >= 0.6 is 0 Å². The average Bonchev–Trinajstić information content (AvgIpc) is 4.17. The summed E-state index contributed by atoms with van der Waals surface area (Å²) in [4.78, 5) is 2.29. The lowest BCUT2D eigenvalue weighted by atomic mass is 9.58. The fourth-order valence-corrected chi connectivity index (χ4v) is 10.9. The second kappa shape index (κ2) is 15.4. The van der Waals surface area contributed by atoms with E-state index in [1.165, 1.54) is 55.1 Å². The summed E-state index contributed by atoms with van der Waals surface area (Å²) in [6.07, 6.45) is 0.824. The zero-order valence-corrected chi connectivity index (χ0v) is 37.4. The summed E-state index contributed by atoms with van der Waals surface area (Å²) in [5.41, 5.74) is 18.3. The van der Waals surface area contributed by atoms with Gasteiger partial charge in [-0.15, -0.1) is 0 Å². The number of furan rings is 1. The zero-order valence-electron chi connectivity index (χ0n) is 37.4. The number of aromatic nitrogens is 1. The minimum Gasteiger partial charge on any atom is -0.555 e. The SMILES string of the molecule is CC1(C)c2ccccc2-c2c(-c3cccc4c3OB(c3ccccc3)C4)cc(N(c3ccc(-c4ccccc4)cc3)c3ccc(-c4ccc5c6ccccc6n(-c6ccccc6)c5c4)o3)cc21. The van der Waals surface area contributed by atoms with E-state index in [0.29, 0.717) is 0 Å². The van der Waals surface area contributed by atoms with Gasteiger partial charge in [-0.3, -0.25) is 4.90 Å². The molecule has 0 amide bonds. The molecular weight excluding hydrogens is 816 g/mol. The van der Waals surface area contributed by atoms with Crippen molar-refractivity contribution in [2.24, 2.45) is 0 Å². The predicted octanol–water partition coefficient (Wildman–Crippen LogP) is 15.5. The molecule has 1 aliphatic carbocycles. The highest BCUT2D eigenvalue weighted by Crippen LogP contribution is 2.56. The van der Waals surface area contributed by atoms with Crippen LogP contribution in [0.25, 0.3) is 72.2 Å². The van der Waals surface area contributed by atoms with Crippen molar-refractivity contribution in [1.82, 2.24) is 4.57 Å². The molecule has 0 atom stereocenters. The number of hydrogen-bond donors (Lipinski definition) is 0. The van der Waals surface area contributed by atoms with Gasteiger partial charge in [0.1, 0.15) is 11.5 Å². The molecule has 9 aromatic carbocycles. The third-order valence-electron chi connectivity index (χ3n) is 14.2. The lowest BCUT2D eigenvalue weighted by Crippen LogP contribution is -2.35. The van der Waals surface area contributed by atoms with Gasteiger partial charge in [0.05, 0.1) is 16.7 Å². The van der Waals surface area contributed by atoms with Crippen LogP contribution < -0.4 is 15.0 Å². The van der Waals surface area contributed by atoms with Crippen LogP contribution in [0.2, 0.25) is 0 Å². The fraction of sp³-hybridized carbons (Fsp3) is 0.0645. The van der Waals surface area contributed by atoms with Crippen molar-refractivity contribution in [3.63, 3.8) is 0 Å². The van der Waals surface area contributed by atoms with Crippen molar-refractivity contribution in [3.05, 3.63) is 241 Å². The van der Waals surface area contributed by atoms with Gasteiger partial charge in [0, 0.05) is 44.8 Å². The lowest BCUT2D eigenvalue weighted by Gasteiger charge is -2.28. The Hall–Kier alpha value is -8.28. The molecule has 0 fully saturated rings. The topological polar surface area (TPSA) is 30.5 Å². The first kappa shape index (κ1) is 39.1. The van der Waals surface area contributed by atoms with Crippen LogP contribution in [0.15, 0.2) is 229 Å². The molecule has 2 aliphatic rings. The molecule has 67 heavy (non-hydrogen) atoms. The Labute approximate surface area is 391 Å². The normalized spacial score (nSPS) is 13.4. The number of hydrogen-bond acceptors (Lipinski definition) is 3. The molecule has 0 spiro atoms. The van der Waals surface area contributed by atoms with Crippen molar-refractivity contribution >= 4 is 51.4 Å². The third-order valence-corrected chi connectivity index (χ3v) is 14.2. The maximum atomic E-state index is 7.13. The molecule has 2 aromatic heterocycles. The Morgan fingerprint density at radius 2 is 1.16 bits per heavy atom. The molecule has 1 aliphatic heterocycles. The van der Waals surface area contributed by atoms with Crippen LogP contribution in [0.4, 0.5) is 17.3 Å². The highest BCUT2D eigenvalue weighted by molar-refractivity contribution is 6.68. The summed E-state index contributed by atoms with van der Waals surface area (Å²) in [6, 6.07) is 80.6. The molecule has 0 saturated carbocycles. The van der Waals surface area contributed by atoms with Gasteiger partial charge in [0.25, 0.3) is 0 Å². The molecule has 0 bridgehead atoms. The average molecular weight is 861 g/mol. The van der Waals surface area contributed by atoms with Gasteiger partial charge in [0.15, 0.2) is 0 Å². The second-order valence-corrected chi connectivity index (χ2v) is 18.4. The number of benzene rings is 9. The van der Waals surface area contributed by atoms with E-state index in [1.807, 2.05) is 0 Å². The van der Waals surface area contributed by atoms with Gasteiger partial charge in [-0.05, 0) is 111 Å². The van der Waals surface area contributed by atoms with Gasteiger partial charge in [0.2, 0.25) is 5.88 Å². The third kappa shape index (κ3) is 6.37. The standard InChI is InChI=1S/C62H45BN2O2/c1-62(2)54-27-14-12-25-52(54)60-53(51-26-16-19-44-40-63(67-61(44)51)45-20-8-4-9-21-45)38-48(39-55(60)62)64(47-32-29-42(30-33-47)41-17-6-3-7-18-41)59-36-35-58(66-59)43-31-34-50-49-24-13-15-28-56(49)65(57(50)37-43)46-22-10-5-11-23-46/h3-39H,40H2,1-2H3. The largest absolute Gasteiger partial charge is 0.555 e. The Balaban J connectivity index is 1.000. The molecule has 4 nitrogen and oxygen atoms in total.